The number of rotatable bonds is 24. The topological polar surface area (TPSA) is 62.4 Å². The number of nitrogens with zero attached hydrogens (tertiary/aromatic N) is 14. The first-order chi connectivity index (χ1) is 62.9. The second kappa shape index (κ2) is 35.0. The molecular formula is C113H106N14OS2. The fraction of sp³-hybridized carbons (Fsp3) is 0.142. The maximum absolute atomic E-state index is 15.2. The zero-order valence-corrected chi connectivity index (χ0v) is 78.1. The molecule has 3 aliphatic rings. The van der Waals surface area contributed by atoms with E-state index in [9.17, 15) is 0 Å². The Balaban J connectivity index is 0.650. The van der Waals surface area contributed by atoms with Crippen LogP contribution in [0.15, 0.2) is 371 Å². The molecule has 0 aromatic heterocycles. The lowest BCUT2D eigenvalue weighted by atomic mass is 9.97. The lowest BCUT2D eigenvalue weighted by molar-refractivity contribution is 0.104. The molecule has 0 unspecified atom stereocenters. The number of fused-ring (bicyclic) bond motifs is 7. The van der Waals surface area contributed by atoms with Gasteiger partial charge in [0, 0.05) is 269 Å². The van der Waals surface area contributed by atoms with Gasteiger partial charge in [-0.25, -0.2) is 0 Å². The third-order valence-electron chi connectivity index (χ3n) is 24.9. The van der Waals surface area contributed by atoms with Crippen LogP contribution in [0.4, 0.5) is 148 Å². The number of ketones is 1. The summed E-state index contributed by atoms with van der Waals surface area (Å²) < 4.78 is 0. The number of carbonyl (C=O) groups is 1. The molecule has 15 nitrogen and oxygen atoms in total. The van der Waals surface area contributed by atoms with E-state index >= 15 is 4.79 Å². The van der Waals surface area contributed by atoms with Crippen LogP contribution in [0.1, 0.15) is 15.9 Å². The van der Waals surface area contributed by atoms with E-state index in [0.29, 0.717) is 11.1 Å². The van der Waals surface area contributed by atoms with E-state index in [1.165, 1.54) is 0 Å². The van der Waals surface area contributed by atoms with E-state index in [4.69, 9.17) is 0 Å². The standard InChI is InChI=1S/C113H106N14OS2/c1-114(2)79-27-43-87(44-28-79)122(88-45-29-80(30-46-88)115(3)4)97-59-65-105-109(71-97)129-110-72-98(123(89-47-31-81(32-48-89)116(5)6)90-49-33-82(34-50-90)117(7)8)60-66-106(110)126(105)95-23-17-75(18-24-95)77-21-63-101-102-64-22-78(70-104(102)113(128)103(101)69-77)76-19-25-96(26-20-76)127-107-67-61-99(124(91-51-35-83(36-52-91)118(9)10)92-53-37-84(38-54-92)119(11)12)73-111(107)130-112-74-100(62-68-108(112)127)125(93-55-39-85(40-56-93)120(13)14)94-57-41-86(42-58-94)121(15)16/h17-74H,1-16H3. The molecule has 646 valence electrons. The summed E-state index contributed by atoms with van der Waals surface area (Å²) in [5, 5.41) is 0. The summed E-state index contributed by atoms with van der Waals surface area (Å²) in [6.45, 7) is 0. The van der Waals surface area contributed by atoms with Gasteiger partial charge in [-0.15, -0.1) is 0 Å². The van der Waals surface area contributed by atoms with Crippen LogP contribution < -0.4 is 68.6 Å². The first-order valence-corrected chi connectivity index (χ1v) is 45.5. The molecule has 19 rings (SSSR count). The summed E-state index contributed by atoms with van der Waals surface area (Å²) >= 11 is 3.60. The van der Waals surface area contributed by atoms with Crippen molar-refractivity contribution in [3.8, 4) is 33.4 Å². The number of benzene rings is 16. The van der Waals surface area contributed by atoms with Crippen LogP contribution in [0.2, 0.25) is 0 Å². The fourth-order valence-corrected chi connectivity index (χ4v) is 20.0. The first kappa shape index (κ1) is 84.6. The Bertz CT molecular complexity index is 5930. The van der Waals surface area contributed by atoms with Crippen molar-refractivity contribution in [2.24, 2.45) is 0 Å². The zero-order valence-electron chi connectivity index (χ0n) is 76.5. The molecule has 0 fully saturated rings. The highest BCUT2D eigenvalue weighted by Gasteiger charge is 2.34. The molecule has 130 heavy (non-hydrogen) atoms. The van der Waals surface area contributed by atoms with Crippen LogP contribution in [0, 0.1) is 0 Å². The maximum atomic E-state index is 15.2. The third kappa shape index (κ3) is 16.3. The molecule has 0 bridgehead atoms. The van der Waals surface area contributed by atoms with Gasteiger partial charge in [0.1, 0.15) is 0 Å². The average Bonchev–Trinajstić information content (AvgIpc) is 0.864. The highest BCUT2D eigenvalue weighted by Crippen LogP contribution is 2.58. The van der Waals surface area contributed by atoms with E-state index < -0.39 is 0 Å². The monoisotopic (exact) mass is 1740 g/mol. The number of hydrogen-bond acceptors (Lipinski definition) is 17. The minimum absolute atomic E-state index is 0.0198. The Labute approximate surface area is 774 Å². The molecule has 0 amide bonds. The predicted molar refractivity (Wildman–Crippen MR) is 557 cm³/mol. The van der Waals surface area contributed by atoms with Crippen LogP contribution in [-0.4, -0.2) is 119 Å². The molecular weight excluding hydrogens is 1630 g/mol. The summed E-state index contributed by atoms with van der Waals surface area (Å²) in [7, 11) is 33.3. The molecule has 16 aromatic carbocycles. The van der Waals surface area contributed by atoms with Crippen molar-refractivity contribution in [1.29, 1.82) is 0 Å². The molecule has 0 spiro atoms. The van der Waals surface area contributed by atoms with Gasteiger partial charge in [0.05, 0.1) is 22.7 Å². The molecule has 2 heterocycles. The van der Waals surface area contributed by atoms with Crippen molar-refractivity contribution in [3.05, 3.63) is 363 Å². The summed E-state index contributed by atoms with van der Waals surface area (Å²) in [6.07, 6.45) is 0. The predicted octanol–water partition coefficient (Wildman–Crippen LogP) is 28.5. The third-order valence-corrected chi connectivity index (χ3v) is 27.1. The molecule has 1 aliphatic carbocycles. The minimum Gasteiger partial charge on any atom is -0.378 e. The van der Waals surface area contributed by atoms with Gasteiger partial charge in [-0.2, -0.15) is 0 Å². The quantitative estimate of drug-likeness (QED) is 0.0576. The van der Waals surface area contributed by atoms with Gasteiger partial charge in [-0.05, 0) is 337 Å². The molecule has 17 heteroatoms. The van der Waals surface area contributed by atoms with Crippen molar-refractivity contribution in [2.45, 2.75) is 19.6 Å². The minimum atomic E-state index is 0.0198. The summed E-state index contributed by atoms with van der Waals surface area (Å²) in [5.41, 5.74) is 35.2. The van der Waals surface area contributed by atoms with E-state index in [-0.39, 0.29) is 5.78 Å². The molecule has 0 atom stereocenters. The number of anilines is 26. The summed E-state index contributed by atoms with van der Waals surface area (Å²) in [4.78, 5) is 51.0. The van der Waals surface area contributed by atoms with Crippen molar-refractivity contribution in [1.82, 2.24) is 0 Å². The Kier molecular flexibility index (Phi) is 22.8. The van der Waals surface area contributed by atoms with Crippen molar-refractivity contribution >= 4 is 177 Å². The molecule has 16 aromatic rings. The molecule has 2 aliphatic heterocycles. The fourth-order valence-electron chi connectivity index (χ4n) is 17.7. The SMILES string of the molecule is CN(C)c1ccc(N(c2ccc(N(C)C)cc2)c2ccc3c(c2)Sc2cc(N(c4ccc(N(C)C)cc4)c4ccc(N(C)C)cc4)ccc2N3c2ccc(-c3ccc4c(c3)C(=O)c3cc(-c5ccc(N6c7ccc(N(c8ccc(N(C)C)cc8)c8ccc(N(C)C)cc8)cc7Sc7cc(N(c8ccc(N(C)C)cc8)c8ccc(N(C)C)cc8)ccc76)cc5)ccc3-4)cc2)cc1. The number of hydrogen-bond donors (Lipinski definition) is 0. The second-order valence-corrected chi connectivity index (χ2v) is 37.2. The maximum Gasteiger partial charge on any atom is 0.194 e. The van der Waals surface area contributed by atoms with Crippen LogP contribution in [-0.2, 0) is 0 Å². The highest BCUT2D eigenvalue weighted by atomic mass is 32.2. The van der Waals surface area contributed by atoms with Crippen LogP contribution in [0.5, 0.6) is 0 Å². The largest absolute Gasteiger partial charge is 0.378 e. The Morgan fingerprint density at radius 1 is 0.169 bits per heavy atom. The van der Waals surface area contributed by atoms with Crippen LogP contribution >= 0.6 is 23.5 Å². The van der Waals surface area contributed by atoms with Gasteiger partial charge in [0.15, 0.2) is 5.78 Å². The van der Waals surface area contributed by atoms with Gasteiger partial charge in [0.25, 0.3) is 0 Å². The second-order valence-electron chi connectivity index (χ2n) is 35.1. The highest BCUT2D eigenvalue weighted by molar-refractivity contribution is 8.00. The average molecular weight is 1740 g/mol. The van der Waals surface area contributed by atoms with E-state index in [1.54, 1.807) is 23.5 Å². The smallest absolute Gasteiger partial charge is 0.194 e. The Morgan fingerprint density at radius 3 is 0.523 bits per heavy atom. The van der Waals surface area contributed by atoms with E-state index in [2.05, 4.69) is 533 Å². The first-order valence-electron chi connectivity index (χ1n) is 43.9. The van der Waals surface area contributed by atoms with Gasteiger partial charge in [-0.3, -0.25) is 4.79 Å². The van der Waals surface area contributed by atoms with Gasteiger partial charge < -0.3 is 68.6 Å². The van der Waals surface area contributed by atoms with Gasteiger partial charge >= 0.3 is 0 Å². The Morgan fingerprint density at radius 2 is 0.338 bits per heavy atom. The summed E-state index contributed by atoms with van der Waals surface area (Å²) in [6, 6.07) is 129. The number of carbonyl (C=O) groups excluding carboxylic acids is 1. The molecule has 0 radical (unpaired) electrons. The molecule has 0 N–H and O–H groups in total. The lowest BCUT2D eigenvalue weighted by Gasteiger charge is -2.35. The lowest BCUT2D eigenvalue weighted by Crippen LogP contribution is -2.17. The van der Waals surface area contributed by atoms with E-state index in [1.807, 2.05) is 0 Å². The van der Waals surface area contributed by atoms with E-state index in [0.717, 1.165) is 201 Å². The van der Waals surface area contributed by atoms with Crippen LogP contribution in [0.25, 0.3) is 33.4 Å². The zero-order chi connectivity index (χ0) is 90.0. The molecule has 0 saturated carbocycles. The van der Waals surface area contributed by atoms with Crippen molar-refractivity contribution in [3.63, 3.8) is 0 Å². The normalized spacial score (nSPS) is 12.1. The summed E-state index contributed by atoms with van der Waals surface area (Å²) in [5.74, 6) is 0.0198. The van der Waals surface area contributed by atoms with Gasteiger partial charge in [-0.1, -0.05) is 72.1 Å². The van der Waals surface area contributed by atoms with Crippen molar-refractivity contribution < 1.29 is 4.79 Å². The van der Waals surface area contributed by atoms with Crippen molar-refractivity contribution in [2.75, 3.05) is 181 Å². The van der Waals surface area contributed by atoms with Crippen LogP contribution in [0.3, 0.4) is 0 Å². The van der Waals surface area contributed by atoms with Gasteiger partial charge in [0.2, 0.25) is 0 Å². The molecule has 0 saturated heterocycles. The Hall–Kier alpha value is -14.9.